The van der Waals surface area contributed by atoms with Crippen molar-refractivity contribution in [2.45, 2.75) is 10.7 Å². The van der Waals surface area contributed by atoms with Crippen molar-refractivity contribution in [3.8, 4) is 0 Å². The Labute approximate surface area is 105 Å². The van der Waals surface area contributed by atoms with Crippen LogP contribution >= 0.6 is 0 Å². The minimum atomic E-state index is -3.22. The molecule has 1 atom stereocenters. The number of benzene rings is 1. The number of rotatable bonds is 2. The van der Waals surface area contributed by atoms with Gasteiger partial charge in [-0.3, -0.25) is 5.73 Å². The molecule has 5 N–H and O–H groups in total. The second-order valence-corrected chi connectivity index (χ2v) is 6.09. The van der Waals surface area contributed by atoms with Gasteiger partial charge in [-0.25, -0.2) is 13.4 Å². The number of hydrogen-bond acceptors (Lipinski definition) is 6. The van der Waals surface area contributed by atoms with E-state index in [2.05, 4.69) is 10.3 Å². The fourth-order valence-corrected chi connectivity index (χ4v) is 2.26. The molecule has 1 aromatic rings. The molecule has 0 saturated carbocycles. The summed E-state index contributed by atoms with van der Waals surface area (Å²) in [6.07, 6.45) is 4.35. The molecule has 18 heavy (non-hydrogen) atoms. The highest BCUT2D eigenvalue weighted by Crippen LogP contribution is 2.21. The SMILES string of the molecule is CS(=O)(=O)c1ccc(C2(N)N=C(N)C=CN2)cc1. The molecule has 0 aliphatic carbocycles. The van der Waals surface area contributed by atoms with E-state index in [1.165, 1.54) is 12.1 Å². The van der Waals surface area contributed by atoms with Crippen LogP contribution in [0.1, 0.15) is 5.56 Å². The van der Waals surface area contributed by atoms with Gasteiger partial charge in [-0.05, 0) is 18.2 Å². The van der Waals surface area contributed by atoms with E-state index in [1.807, 2.05) is 0 Å². The van der Waals surface area contributed by atoms with Gasteiger partial charge in [0.05, 0.1) is 4.90 Å². The van der Waals surface area contributed by atoms with Gasteiger partial charge in [-0.15, -0.1) is 0 Å². The number of hydrogen-bond donors (Lipinski definition) is 3. The van der Waals surface area contributed by atoms with Gasteiger partial charge in [0.2, 0.25) is 5.79 Å². The van der Waals surface area contributed by atoms with E-state index in [-0.39, 0.29) is 4.90 Å². The van der Waals surface area contributed by atoms with E-state index in [0.717, 1.165) is 6.26 Å². The molecular weight excluding hydrogens is 252 g/mol. The fourth-order valence-electron chi connectivity index (χ4n) is 1.63. The number of aliphatic imine (C=N–C) groups is 1. The molecule has 0 radical (unpaired) electrons. The number of sulfone groups is 1. The smallest absolute Gasteiger partial charge is 0.211 e. The molecule has 1 unspecified atom stereocenters. The van der Waals surface area contributed by atoms with E-state index >= 15 is 0 Å². The lowest BCUT2D eigenvalue weighted by atomic mass is 10.1. The van der Waals surface area contributed by atoms with Crippen molar-refractivity contribution >= 4 is 15.7 Å². The largest absolute Gasteiger partial charge is 0.384 e. The highest BCUT2D eigenvalue weighted by atomic mass is 32.2. The normalized spacial score (nSPS) is 23.3. The molecule has 0 saturated heterocycles. The van der Waals surface area contributed by atoms with Crippen molar-refractivity contribution in [2.75, 3.05) is 6.26 Å². The summed E-state index contributed by atoms with van der Waals surface area (Å²) in [4.78, 5) is 4.34. The van der Waals surface area contributed by atoms with Gasteiger partial charge in [0, 0.05) is 18.0 Å². The summed E-state index contributed by atoms with van der Waals surface area (Å²) < 4.78 is 22.7. The third kappa shape index (κ3) is 2.36. The lowest BCUT2D eigenvalue weighted by molar-refractivity contribution is 0.409. The molecule has 0 spiro atoms. The Balaban J connectivity index is 2.39. The Morgan fingerprint density at radius 3 is 2.39 bits per heavy atom. The van der Waals surface area contributed by atoms with Crippen molar-refractivity contribution in [3.05, 3.63) is 42.1 Å². The highest BCUT2D eigenvalue weighted by Gasteiger charge is 2.27. The number of nitrogens with two attached hydrogens (primary N) is 2. The van der Waals surface area contributed by atoms with Crippen LogP contribution in [0.2, 0.25) is 0 Å². The summed E-state index contributed by atoms with van der Waals surface area (Å²) in [6, 6.07) is 6.20. The van der Waals surface area contributed by atoms with Crippen LogP contribution in [-0.2, 0) is 15.6 Å². The molecule has 2 rings (SSSR count). The predicted octanol–water partition coefficient (Wildman–Crippen LogP) is -0.367. The monoisotopic (exact) mass is 266 g/mol. The third-order valence-corrected chi connectivity index (χ3v) is 3.71. The van der Waals surface area contributed by atoms with Crippen LogP contribution in [0.4, 0.5) is 0 Å². The molecule has 0 fully saturated rings. The molecule has 1 aromatic carbocycles. The van der Waals surface area contributed by atoms with Crippen LogP contribution in [0.5, 0.6) is 0 Å². The van der Waals surface area contributed by atoms with Crippen molar-refractivity contribution in [1.82, 2.24) is 5.32 Å². The molecule has 1 aliphatic rings. The van der Waals surface area contributed by atoms with Crippen molar-refractivity contribution in [1.29, 1.82) is 0 Å². The first kappa shape index (κ1) is 12.6. The minimum Gasteiger partial charge on any atom is -0.384 e. The van der Waals surface area contributed by atoms with E-state index < -0.39 is 15.6 Å². The van der Waals surface area contributed by atoms with E-state index in [9.17, 15) is 8.42 Å². The van der Waals surface area contributed by atoms with Crippen LogP contribution in [0.3, 0.4) is 0 Å². The van der Waals surface area contributed by atoms with E-state index in [0.29, 0.717) is 11.4 Å². The van der Waals surface area contributed by atoms with Gasteiger partial charge in [0.15, 0.2) is 9.84 Å². The van der Waals surface area contributed by atoms with Crippen molar-refractivity contribution in [2.24, 2.45) is 16.5 Å². The van der Waals surface area contributed by atoms with Crippen LogP contribution in [0, 0.1) is 0 Å². The van der Waals surface area contributed by atoms with Crippen LogP contribution < -0.4 is 16.8 Å². The van der Waals surface area contributed by atoms with Gasteiger partial charge >= 0.3 is 0 Å². The number of nitrogens with zero attached hydrogens (tertiary/aromatic N) is 1. The van der Waals surface area contributed by atoms with Crippen LogP contribution in [0.25, 0.3) is 0 Å². The van der Waals surface area contributed by atoms with Gasteiger partial charge in [-0.2, -0.15) is 0 Å². The topological polar surface area (TPSA) is 111 Å². The average Bonchev–Trinajstić information content (AvgIpc) is 2.28. The molecule has 0 amide bonds. The summed E-state index contributed by atoms with van der Waals surface area (Å²) in [5.41, 5.74) is 12.3. The molecule has 1 heterocycles. The maximum Gasteiger partial charge on any atom is 0.211 e. The lowest BCUT2D eigenvalue weighted by Gasteiger charge is -2.28. The van der Waals surface area contributed by atoms with Gasteiger partial charge in [0.1, 0.15) is 5.84 Å². The Kier molecular flexibility index (Phi) is 2.88. The van der Waals surface area contributed by atoms with Crippen LogP contribution in [0.15, 0.2) is 46.4 Å². The first-order chi connectivity index (χ1) is 8.31. The first-order valence-corrected chi connectivity index (χ1v) is 7.09. The standard InChI is InChI=1S/C11H14N4O2S/c1-18(16,17)9-4-2-8(3-5-9)11(13)14-7-6-10(12)15-11/h2-7,14H,13H2,1H3,(H2,12,15). The summed E-state index contributed by atoms with van der Waals surface area (Å²) in [6.45, 7) is 0. The van der Waals surface area contributed by atoms with Gasteiger partial charge < -0.3 is 11.1 Å². The number of nitrogens with one attached hydrogen (secondary N) is 1. The Bertz CT molecular complexity index is 619. The summed E-state index contributed by atoms with van der Waals surface area (Å²) in [5, 5.41) is 2.88. The zero-order chi connectivity index (χ0) is 13.4. The predicted molar refractivity (Wildman–Crippen MR) is 69.3 cm³/mol. The van der Waals surface area contributed by atoms with Gasteiger partial charge in [-0.1, -0.05) is 12.1 Å². The van der Waals surface area contributed by atoms with Crippen LogP contribution in [-0.4, -0.2) is 20.5 Å². The fraction of sp³-hybridized carbons (Fsp3) is 0.182. The van der Waals surface area contributed by atoms with Crippen molar-refractivity contribution in [3.63, 3.8) is 0 Å². The quantitative estimate of drug-likeness (QED) is 0.676. The second-order valence-electron chi connectivity index (χ2n) is 4.08. The third-order valence-electron chi connectivity index (χ3n) is 2.59. The zero-order valence-corrected chi connectivity index (χ0v) is 10.6. The molecule has 0 bridgehead atoms. The van der Waals surface area contributed by atoms with E-state index in [1.54, 1.807) is 24.4 Å². The Morgan fingerprint density at radius 1 is 1.28 bits per heavy atom. The molecule has 1 aliphatic heterocycles. The average molecular weight is 266 g/mol. The zero-order valence-electron chi connectivity index (χ0n) is 9.79. The Morgan fingerprint density at radius 2 is 1.89 bits per heavy atom. The van der Waals surface area contributed by atoms with E-state index in [4.69, 9.17) is 11.5 Å². The molecule has 96 valence electrons. The minimum absolute atomic E-state index is 0.234. The molecule has 0 aromatic heterocycles. The lowest BCUT2D eigenvalue weighted by Crippen LogP contribution is -2.49. The summed E-state index contributed by atoms with van der Waals surface area (Å²) >= 11 is 0. The molecule has 6 nitrogen and oxygen atoms in total. The first-order valence-electron chi connectivity index (χ1n) is 5.20. The Hall–Kier alpha value is -1.86. The van der Waals surface area contributed by atoms with Crippen molar-refractivity contribution < 1.29 is 8.42 Å². The summed E-state index contributed by atoms with van der Waals surface area (Å²) in [7, 11) is -3.22. The molecular formula is C11H14N4O2S. The maximum absolute atomic E-state index is 11.3. The highest BCUT2D eigenvalue weighted by molar-refractivity contribution is 7.90. The summed E-state index contributed by atoms with van der Waals surface area (Å²) in [5.74, 6) is -0.849. The second kappa shape index (κ2) is 4.11. The molecule has 7 heteroatoms. The number of amidine groups is 1. The maximum atomic E-state index is 11.3. The van der Waals surface area contributed by atoms with Gasteiger partial charge in [0.25, 0.3) is 0 Å².